The van der Waals surface area contributed by atoms with Crippen molar-refractivity contribution in [1.29, 1.82) is 0 Å². The summed E-state index contributed by atoms with van der Waals surface area (Å²) < 4.78 is 46.8. The Morgan fingerprint density at radius 2 is 1.88 bits per heavy atom. The average molecular weight is 459 g/mol. The van der Waals surface area contributed by atoms with Crippen molar-refractivity contribution in [3.63, 3.8) is 0 Å². The zero-order chi connectivity index (χ0) is 23.8. The van der Waals surface area contributed by atoms with Gasteiger partial charge in [-0.05, 0) is 17.7 Å². The van der Waals surface area contributed by atoms with Crippen LogP contribution in [0.1, 0.15) is 18.2 Å². The molecule has 0 radical (unpaired) electrons. The maximum Gasteiger partial charge on any atom is 0.411 e. The number of anilines is 1. The predicted molar refractivity (Wildman–Crippen MR) is 113 cm³/mol. The highest BCUT2D eigenvalue weighted by atomic mass is 19.2. The molecule has 172 valence electrons. The first-order valence-electron chi connectivity index (χ1n) is 10.1. The fourth-order valence-electron chi connectivity index (χ4n) is 3.61. The van der Waals surface area contributed by atoms with Crippen LogP contribution in [0.5, 0.6) is 0 Å². The molecule has 7 nitrogen and oxygen atoms in total. The van der Waals surface area contributed by atoms with Gasteiger partial charge in [-0.3, -0.25) is 9.69 Å². The van der Waals surface area contributed by atoms with Crippen molar-refractivity contribution < 1.29 is 27.8 Å². The number of rotatable bonds is 6. The van der Waals surface area contributed by atoms with Crippen molar-refractivity contribution >= 4 is 11.8 Å². The number of aromatic nitrogens is 2. The van der Waals surface area contributed by atoms with Crippen LogP contribution in [0.15, 0.2) is 53.5 Å². The van der Waals surface area contributed by atoms with Gasteiger partial charge in [-0.2, -0.15) is 5.10 Å². The second-order valence-corrected chi connectivity index (χ2v) is 8.31. The first-order chi connectivity index (χ1) is 15.6. The second kappa shape index (κ2) is 8.70. The number of hydrogen-bond donors (Lipinski definition) is 1. The molecular formula is C23H20F3N3O4. The van der Waals surface area contributed by atoms with E-state index in [4.69, 9.17) is 4.74 Å². The molecule has 0 saturated carbocycles. The van der Waals surface area contributed by atoms with E-state index in [1.165, 1.54) is 17.2 Å². The molecule has 1 amide bonds. The van der Waals surface area contributed by atoms with Gasteiger partial charge in [-0.15, -0.1) is 0 Å². The molecule has 4 rings (SSSR count). The molecule has 1 saturated heterocycles. The molecule has 1 fully saturated rings. The number of ether oxygens (including phenoxy) is 1. The number of carboxylic acid groups (broad SMARTS) is 1. The molecule has 0 atom stereocenters. The molecule has 2 heterocycles. The van der Waals surface area contributed by atoms with Crippen LogP contribution < -0.4 is 10.3 Å². The first kappa shape index (κ1) is 22.5. The van der Waals surface area contributed by atoms with Crippen molar-refractivity contribution in [2.24, 2.45) is 5.41 Å². The van der Waals surface area contributed by atoms with E-state index in [9.17, 15) is 27.9 Å². The summed E-state index contributed by atoms with van der Waals surface area (Å²) in [5.74, 6) is -4.35. The molecule has 2 aromatic carbocycles. The predicted octanol–water partition coefficient (Wildman–Crippen LogP) is 3.76. The van der Waals surface area contributed by atoms with Crippen LogP contribution in [-0.4, -0.2) is 40.7 Å². The molecule has 10 heteroatoms. The van der Waals surface area contributed by atoms with Crippen LogP contribution in [0.25, 0.3) is 5.69 Å². The average Bonchev–Trinajstić information content (AvgIpc) is 2.75. The minimum Gasteiger partial charge on any atom is -0.465 e. The van der Waals surface area contributed by atoms with Gasteiger partial charge >= 0.3 is 6.09 Å². The van der Waals surface area contributed by atoms with Gasteiger partial charge < -0.3 is 9.84 Å². The van der Waals surface area contributed by atoms with Gasteiger partial charge in [0.2, 0.25) is 5.43 Å². The van der Waals surface area contributed by atoms with Gasteiger partial charge in [0.25, 0.3) is 0 Å². The molecule has 1 N–H and O–H groups in total. The normalized spacial score (nSPS) is 14.5. The highest BCUT2D eigenvalue weighted by Crippen LogP contribution is 2.30. The quantitative estimate of drug-likeness (QED) is 0.568. The van der Waals surface area contributed by atoms with Crippen LogP contribution in [0.4, 0.5) is 23.7 Å². The van der Waals surface area contributed by atoms with Crippen molar-refractivity contribution in [1.82, 2.24) is 9.78 Å². The highest BCUT2D eigenvalue weighted by Gasteiger charge is 2.37. The van der Waals surface area contributed by atoms with E-state index in [0.29, 0.717) is 24.5 Å². The smallest absolute Gasteiger partial charge is 0.411 e. The fraction of sp³-hybridized carbons (Fsp3) is 0.261. The zero-order valence-corrected chi connectivity index (χ0v) is 17.6. The topological polar surface area (TPSA) is 84.7 Å². The van der Waals surface area contributed by atoms with Gasteiger partial charge in [-0.25, -0.2) is 22.6 Å². The Morgan fingerprint density at radius 1 is 1.18 bits per heavy atom. The molecule has 1 aliphatic rings. The third kappa shape index (κ3) is 4.75. The molecule has 3 aromatic rings. The molecule has 0 spiro atoms. The molecule has 0 aliphatic carbocycles. The van der Waals surface area contributed by atoms with Crippen molar-refractivity contribution in [3.05, 3.63) is 87.6 Å². The summed E-state index contributed by atoms with van der Waals surface area (Å²) in [5, 5.41) is 13.8. The maximum absolute atomic E-state index is 13.6. The summed E-state index contributed by atoms with van der Waals surface area (Å²) in [4.78, 5) is 25.4. The molecule has 1 aliphatic heterocycles. The number of carbonyl (C=O) groups is 1. The van der Waals surface area contributed by atoms with E-state index >= 15 is 0 Å². The van der Waals surface area contributed by atoms with Gasteiger partial charge in [0, 0.05) is 48.5 Å². The van der Waals surface area contributed by atoms with Crippen LogP contribution in [0.2, 0.25) is 0 Å². The number of benzene rings is 2. The lowest BCUT2D eigenvalue weighted by Gasteiger charge is -2.41. The largest absolute Gasteiger partial charge is 0.465 e. The first-order valence-corrected chi connectivity index (χ1v) is 10.1. The van der Waals surface area contributed by atoms with E-state index in [1.54, 1.807) is 24.3 Å². The van der Waals surface area contributed by atoms with Crippen LogP contribution in [0.3, 0.4) is 0 Å². The maximum atomic E-state index is 13.6. The summed E-state index contributed by atoms with van der Waals surface area (Å²) in [5.41, 5.74) is 0.354. The van der Waals surface area contributed by atoms with Crippen LogP contribution >= 0.6 is 0 Å². The Kier molecular flexibility index (Phi) is 5.94. The van der Waals surface area contributed by atoms with Gasteiger partial charge in [0.1, 0.15) is 5.69 Å². The summed E-state index contributed by atoms with van der Waals surface area (Å²) in [6, 6.07) is 9.42. The van der Waals surface area contributed by atoms with Gasteiger partial charge in [0.15, 0.2) is 17.5 Å². The lowest BCUT2D eigenvalue weighted by molar-refractivity contribution is -0.0950. The van der Waals surface area contributed by atoms with Crippen molar-refractivity contribution in [2.75, 3.05) is 24.7 Å². The second-order valence-electron chi connectivity index (χ2n) is 8.31. The number of halogens is 3. The standard InChI is InChI=1S/C23H20F3N3O4/c1-23(12-33-13-23)11-28(22(31)32)15-4-2-3-14(7-15)8-19-20(30)5-6-29(27-19)16-9-17(24)21(26)18(25)10-16/h2-7,9-10H,8,11-13H2,1H3,(H,31,32). The number of amides is 1. The third-order valence-electron chi connectivity index (χ3n) is 5.38. The Bertz CT molecular complexity index is 1250. The van der Waals surface area contributed by atoms with E-state index in [2.05, 4.69) is 5.10 Å². The van der Waals surface area contributed by atoms with Crippen molar-refractivity contribution in [2.45, 2.75) is 13.3 Å². The van der Waals surface area contributed by atoms with Crippen LogP contribution in [0, 0.1) is 22.9 Å². The third-order valence-corrected chi connectivity index (χ3v) is 5.38. The molecule has 0 unspecified atom stereocenters. The summed E-state index contributed by atoms with van der Waals surface area (Å²) in [6.45, 7) is 3.13. The number of hydrogen-bond acceptors (Lipinski definition) is 4. The fourth-order valence-corrected chi connectivity index (χ4v) is 3.61. The lowest BCUT2D eigenvalue weighted by atomic mass is 9.88. The summed E-state index contributed by atoms with van der Waals surface area (Å²) >= 11 is 0. The van der Waals surface area contributed by atoms with E-state index in [1.807, 2.05) is 6.92 Å². The summed E-state index contributed by atoms with van der Waals surface area (Å²) in [6.07, 6.45) is 0.163. The molecule has 1 aromatic heterocycles. The molecular weight excluding hydrogens is 439 g/mol. The Hall–Kier alpha value is -3.66. The minimum absolute atomic E-state index is 0.0491. The molecule has 33 heavy (non-hydrogen) atoms. The van der Waals surface area contributed by atoms with Crippen molar-refractivity contribution in [3.8, 4) is 5.69 Å². The highest BCUT2D eigenvalue weighted by molar-refractivity contribution is 5.86. The van der Waals surface area contributed by atoms with E-state index in [-0.39, 0.29) is 29.8 Å². The Balaban J connectivity index is 1.62. The molecule has 0 bridgehead atoms. The van der Waals surface area contributed by atoms with Gasteiger partial charge in [0.05, 0.1) is 18.9 Å². The van der Waals surface area contributed by atoms with Crippen LogP contribution in [-0.2, 0) is 11.2 Å². The SMILES string of the molecule is CC1(CN(C(=O)O)c2cccc(Cc3nn(-c4cc(F)c(F)c(F)c4)ccc3=O)c2)COC1. The van der Waals surface area contributed by atoms with E-state index < -0.39 is 29.0 Å². The lowest BCUT2D eigenvalue weighted by Crippen LogP contribution is -2.50. The Morgan fingerprint density at radius 3 is 2.48 bits per heavy atom. The number of nitrogens with zero attached hydrogens (tertiary/aromatic N) is 3. The summed E-state index contributed by atoms with van der Waals surface area (Å²) in [7, 11) is 0. The van der Waals surface area contributed by atoms with E-state index in [0.717, 1.165) is 16.8 Å². The monoisotopic (exact) mass is 459 g/mol. The van der Waals surface area contributed by atoms with Gasteiger partial charge in [-0.1, -0.05) is 19.1 Å². The zero-order valence-electron chi connectivity index (χ0n) is 17.6. The Labute approximate surface area is 186 Å². The minimum atomic E-state index is -1.60.